The Kier molecular flexibility index (Phi) is 6.39. The zero-order chi connectivity index (χ0) is 25.0. The highest BCUT2D eigenvalue weighted by molar-refractivity contribution is 5.93. The third kappa shape index (κ3) is 5.10. The van der Waals surface area contributed by atoms with E-state index >= 15 is 0 Å². The topological polar surface area (TPSA) is 72.7 Å². The van der Waals surface area contributed by atoms with Crippen molar-refractivity contribution in [3.63, 3.8) is 0 Å². The zero-order valence-electron chi connectivity index (χ0n) is 20.4. The van der Waals surface area contributed by atoms with Crippen LogP contribution in [0.1, 0.15) is 11.1 Å². The van der Waals surface area contributed by atoms with Gasteiger partial charge in [-0.1, -0.05) is 24.3 Å². The number of fused-ring (bicyclic) bond motifs is 1. The Morgan fingerprint density at radius 3 is 2.59 bits per heavy atom. The molecule has 4 aromatic rings. The van der Waals surface area contributed by atoms with Crippen LogP contribution in [0.4, 0.5) is 0 Å². The van der Waals surface area contributed by atoms with Crippen molar-refractivity contribution in [2.45, 2.75) is 6.54 Å². The number of pyridine rings is 1. The van der Waals surface area contributed by atoms with Gasteiger partial charge in [0.15, 0.2) is 11.5 Å². The van der Waals surface area contributed by atoms with Crippen molar-refractivity contribution in [1.29, 1.82) is 0 Å². The fourth-order valence-electron chi connectivity index (χ4n) is 4.64. The van der Waals surface area contributed by atoms with Gasteiger partial charge in [-0.15, -0.1) is 0 Å². The second-order valence-electron chi connectivity index (χ2n) is 9.08. The Morgan fingerprint density at radius 2 is 1.78 bits per heavy atom. The molecule has 4 heterocycles. The van der Waals surface area contributed by atoms with Crippen LogP contribution in [0.25, 0.3) is 23.0 Å². The summed E-state index contributed by atoms with van der Waals surface area (Å²) in [6, 6.07) is 19.9. The second kappa shape index (κ2) is 10.3. The largest absolute Gasteiger partial charge is 0.454 e. The molecule has 2 aliphatic heterocycles. The summed E-state index contributed by atoms with van der Waals surface area (Å²) in [5, 5.41) is 4.79. The van der Waals surface area contributed by atoms with Gasteiger partial charge in [-0.25, -0.2) is 4.68 Å². The first-order valence-corrected chi connectivity index (χ1v) is 12.4. The number of piperazine rings is 1. The quantitative estimate of drug-likeness (QED) is 0.378. The Morgan fingerprint density at radius 1 is 0.946 bits per heavy atom. The minimum atomic E-state index is 0.00678. The maximum atomic E-state index is 13.0. The fourth-order valence-corrected chi connectivity index (χ4v) is 4.64. The molecule has 0 aliphatic carbocycles. The van der Waals surface area contributed by atoms with Gasteiger partial charge in [-0.3, -0.25) is 14.7 Å². The number of carbonyl (C=O) groups is 1. The maximum absolute atomic E-state index is 13.0. The minimum absolute atomic E-state index is 0.00678. The van der Waals surface area contributed by atoms with Crippen LogP contribution < -0.4 is 9.47 Å². The van der Waals surface area contributed by atoms with E-state index in [4.69, 9.17) is 14.6 Å². The summed E-state index contributed by atoms with van der Waals surface area (Å²) in [5.74, 6) is 1.61. The normalized spacial score (nSPS) is 15.4. The zero-order valence-corrected chi connectivity index (χ0v) is 20.4. The van der Waals surface area contributed by atoms with Gasteiger partial charge in [0.05, 0.1) is 5.69 Å². The molecule has 0 radical (unpaired) electrons. The summed E-state index contributed by atoms with van der Waals surface area (Å²) < 4.78 is 12.7. The predicted molar refractivity (Wildman–Crippen MR) is 140 cm³/mol. The monoisotopic (exact) mass is 493 g/mol. The van der Waals surface area contributed by atoms with Gasteiger partial charge in [-0.2, -0.15) is 5.10 Å². The molecular weight excluding hydrogens is 466 g/mol. The first-order chi connectivity index (χ1) is 18.2. The Balaban J connectivity index is 1.12. The average molecular weight is 494 g/mol. The van der Waals surface area contributed by atoms with Crippen molar-refractivity contribution in [3.05, 3.63) is 96.5 Å². The molecule has 1 amide bonds. The molecule has 6 rings (SSSR count). The van der Waals surface area contributed by atoms with E-state index in [0.29, 0.717) is 13.1 Å². The van der Waals surface area contributed by atoms with E-state index in [2.05, 4.69) is 16.0 Å². The second-order valence-corrected chi connectivity index (χ2v) is 9.08. The number of amides is 1. The van der Waals surface area contributed by atoms with Crippen molar-refractivity contribution in [2.75, 3.05) is 33.0 Å². The molecule has 2 aromatic carbocycles. The minimum Gasteiger partial charge on any atom is -0.454 e. The average Bonchev–Trinajstić information content (AvgIpc) is 3.60. The first-order valence-electron chi connectivity index (χ1n) is 12.4. The molecular formula is C29H27N5O3. The number of nitrogens with zero attached hydrogens (tertiary/aromatic N) is 5. The summed E-state index contributed by atoms with van der Waals surface area (Å²) in [4.78, 5) is 21.5. The van der Waals surface area contributed by atoms with Crippen molar-refractivity contribution in [1.82, 2.24) is 24.6 Å². The summed E-state index contributed by atoms with van der Waals surface area (Å²) in [6.45, 7) is 4.12. The van der Waals surface area contributed by atoms with Crippen LogP contribution in [-0.4, -0.2) is 63.4 Å². The lowest BCUT2D eigenvalue weighted by Crippen LogP contribution is -2.47. The van der Waals surface area contributed by atoms with E-state index in [-0.39, 0.29) is 12.7 Å². The Bertz CT molecular complexity index is 1410. The van der Waals surface area contributed by atoms with Crippen molar-refractivity contribution < 1.29 is 14.3 Å². The first kappa shape index (κ1) is 23.0. The highest BCUT2D eigenvalue weighted by Gasteiger charge is 2.21. The molecule has 0 N–H and O–H groups in total. The Hall–Kier alpha value is -4.43. The van der Waals surface area contributed by atoms with Crippen LogP contribution >= 0.6 is 0 Å². The predicted octanol–water partition coefficient (Wildman–Crippen LogP) is 4.02. The van der Waals surface area contributed by atoms with E-state index < -0.39 is 0 Å². The van der Waals surface area contributed by atoms with Crippen molar-refractivity contribution in [3.8, 4) is 28.4 Å². The van der Waals surface area contributed by atoms with Crippen molar-refractivity contribution in [2.24, 2.45) is 0 Å². The van der Waals surface area contributed by atoms with E-state index in [0.717, 1.165) is 53.6 Å². The molecule has 2 aliphatic rings. The molecule has 186 valence electrons. The number of para-hydroxylation sites is 1. The number of ether oxygens (including phenoxy) is 2. The van der Waals surface area contributed by atoms with Crippen LogP contribution in [-0.2, 0) is 11.3 Å². The lowest BCUT2D eigenvalue weighted by molar-refractivity contribution is -0.127. The summed E-state index contributed by atoms with van der Waals surface area (Å²) in [5.41, 5.74) is 4.70. The van der Waals surface area contributed by atoms with E-state index in [1.165, 1.54) is 5.56 Å². The summed E-state index contributed by atoms with van der Waals surface area (Å²) >= 11 is 0. The Labute approximate surface area is 215 Å². The van der Waals surface area contributed by atoms with Gasteiger partial charge in [0.1, 0.15) is 5.69 Å². The molecule has 8 heteroatoms. The smallest absolute Gasteiger partial charge is 0.246 e. The van der Waals surface area contributed by atoms with Gasteiger partial charge >= 0.3 is 0 Å². The van der Waals surface area contributed by atoms with Gasteiger partial charge in [0.2, 0.25) is 12.7 Å². The molecule has 0 spiro atoms. The molecule has 1 fully saturated rings. The number of rotatable bonds is 6. The molecule has 0 atom stereocenters. The molecule has 1 saturated heterocycles. The molecule has 37 heavy (non-hydrogen) atoms. The van der Waals surface area contributed by atoms with Crippen LogP contribution in [0.5, 0.6) is 11.5 Å². The number of aromatic nitrogens is 3. The van der Waals surface area contributed by atoms with Gasteiger partial charge in [0, 0.05) is 68.5 Å². The lowest BCUT2D eigenvalue weighted by Gasteiger charge is -2.34. The molecule has 0 unspecified atom stereocenters. The summed E-state index contributed by atoms with van der Waals surface area (Å²) in [7, 11) is 0. The van der Waals surface area contributed by atoms with Crippen LogP contribution in [0.15, 0.2) is 85.3 Å². The van der Waals surface area contributed by atoms with E-state index in [1.807, 2.05) is 76.5 Å². The standard InChI is InChI=1S/C29H27N5O3/c35-28(33-15-13-32(14-16-33)19-22-8-10-26-27(17-22)37-21-36-26)11-9-24-20-34(25-6-2-1-3-7-25)31-29(24)23-5-4-12-30-18-23/h1-12,17-18,20H,13-16,19,21H2. The van der Waals surface area contributed by atoms with E-state index in [9.17, 15) is 4.79 Å². The third-order valence-electron chi connectivity index (χ3n) is 6.63. The third-order valence-corrected chi connectivity index (χ3v) is 6.63. The number of hydrogen-bond donors (Lipinski definition) is 0. The van der Waals surface area contributed by atoms with Crippen LogP contribution in [0, 0.1) is 0 Å². The SMILES string of the molecule is O=C(C=Cc1cn(-c2ccccc2)nc1-c1cccnc1)N1CCN(Cc2ccc3c(c2)OCO3)CC1. The molecule has 2 aromatic heterocycles. The van der Waals surface area contributed by atoms with Gasteiger partial charge in [-0.05, 0) is 48.0 Å². The van der Waals surface area contributed by atoms with Gasteiger partial charge in [0.25, 0.3) is 0 Å². The molecule has 8 nitrogen and oxygen atoms in total. The highest BCUT2D eigenvalue weighted by Crippen LogP contribution is 2.33. The number of hydrogen-bond acceptors (Lipinski definition) is 6. The van der Waals surface area contributed by atoms with Crippen LogP contribution in [0.2, 0.25) is 0 Å². The fraction of sp³-hybridized carbons (Fsp3) is 0.207. The molecule has 0 bridgehead atoms. The number of carbonyl (C=O) groups excluding carboxylic acids is 1. The lowest BCUT2D eigenvalue weighted by atomic mass is 10.1. The maximum Gasteiger partial charge on any atom is 0.246 e. The van der Waals surface area contributed by atoms with Crippen LogP contribution in [0.3, 0.4) is 0 Å². The summed E-state index contributed by atoms with van der Waals surface area (Å²) in [6.07, 6.45) is 8.99. The van der Waals surface area contributed by atoms with E-state index in [1.54, 1.807) is 18.5 Å². The number of benzene rings is 2. The van der Waals surface area contributed by atoms with Gasteiger partial charge < -0.3 is 14.4 Å². The highest BCUT2D eigenvalue weighted by atomic mass is 16.7. The molecule has 0 saturated carbocycles. The van der Waals surface area contributed by atoms with Crippen molar-refractivity contribution >= 4 is 12.0 Å².